The number of benzene rings is 1. The molecule has 2 aromatic rings. The number of amides is 1. The average Bonchev–Trinajstić information content (AvgIpc) is 3.15. The van der Waals surface area contributed by atoms with Crippen LogP contribution in [0.5, 0.6) is 0 Å². The minimum atomic E-state index is -0.542. The number of carbonyl (C=O) groups excluding carboxylic acids is 2. The minimum Gasteiger partial charge on any atom is -0.494 e. The SMILES string of the molecule is COC(=O)CC1=NN(c2nc3ccccc3s2)C(=O)/C1=C(/C)[N-]C#N.[Na+]. The average molecular weight is 377 g/mol. The van der Waals surface area contributed by atoms with E-state index in [1.807, 2.05) is 24.3 Å². The van der Waals surface area contributed by atoms with Crippen molar-refractivity contribution < 1.29 is 43.9 Å². The number of fused-ring (bicyclic) bond motifs is 1. The number of aromatic nitrogens is 1. The van der Waals surface area contributed by atoms with Crippen LogP contribution in [0.2, 0.25) is 0 Å². The molecule has 126 valence electrons. The summed E-state index contributed by atoms with van der Waals surface area (Å²) < 4.78 is 5.55. The van der Waals surface area contributed by atoms with Crippen LogP contribution in [-0.2, 0) is 14.3 Å². The van der Waals surface area contributed by atoms with Gasteiger partial charge in [0.25, 0.3) is 5.91 Å². The molecule has 0 radical (unpaired) electrons. The fraction of sp³-hybridized carbons (Fsp3) is 0.188. The standard InChI is InChI=1S/C16H13N5O3S.Na/c1-9(18-8-17)14-11(7-13(22)24-2)20-21(15(14)23)16-19-10-5-3-4-6-12(10)25-16;/h3-6H,7H2,1-2H3,(H,18,20,23);/q;+1/p-1. The van der Waals surface area contributed by atoms with Crippen molar-refractivity contribution in [3.8, 4) is 6.19 Å². The predicted octanol–water partition coefficient (Wildman–Crippen LogP) is -0.305. The molecule has 1 aliphatic heterocycles. The first-order valence-corrected chi connectivity index (χ1v) is 8.02. The molecule has 1 aromatic heterocycles. The minimum absolute atomic E-state index is 0. The van der Waals surface area contributed by atoms with Crippen LogP contribution in [0.15, 0.2) is 40.6 Å². The number of carbonyl (C=O) groups is 2. The second kappa shape index (κ2) is 8.42. The molecule has 10 heteroatoms. The summed E-state index contributed by atoms with van der Waals surface area (Å²) in [6, 6.07) is 7.46. The van der Waals surface area contributed by atoms with Crippen LogP contribution in [0.4, 0.5) is 5.13 Å². The van der Waals surface area contributed by atoms with Crippen LogP contribution < -0.4 is 34.6 Å². The fourth-order valence-corrected chi connectivity index (χ4v) is 3.27. The number of anilines is 1. The van der Waals surface area contributed by atoms with Crippen molar-refractivity contribution in [3.05, 3.63) is 40.9 Å². The van der Waals surface area contributed by atoms with E-state index in [1.54, 1.807) is 6.19 Å². The summed E-state index contributed by atoms with van der Waals surface area (Å²) in [4.78, 5) is 28.8. The van der Waals surface area contributed by atoms with Crippen LogP contribution in [0, 0.1) is 11.5 Å². The quantitative estimate of drug-likeness (QED) is 0.314. The summed E-state index contributed by atoms with van der Waals surface area (Å²) in [6.45, 7) is 1.52. The van der Waals surface area contributed by atoms with E-state index in [1.165, 1.54) is 25.4 Å². The van der Waals surface area contributed by atoms with Gasteiger partial charge in [0.15, 0.2) is 0 Å². The zero-order chi connectivity index (χ0) is 18.0. The van der Waals surface area contributed by atoms with Crippen LogP contribution in [0.3, 0.4) is 0 Å². The third-order valence-corrected chi connectivity index (χ3v) is 4.51. The number of rotatable bonds is 4. The molecule has 0 atom stereocenters. The molecule has 0 bridgehead atoms. The second-order valence-electron chi connectivity index (χ2n) is 5.05. The maximum absolute atomic E-state index is 12.8. The number of allylic oxidation sites excluding steroid dienone is 1. The van der Waals surface area contributed by atoms with Crippen molar-refractivity contribution in [2.75, 3.05) is 12.1 Å². The third-order valence-electron chi connectivity index (χ3n) is 3.50. The molecule has 8 nitrogen and oxygen atoms in total. The number of nitriles is 1. The van der Waals surface area contributed by atoms with Gasteiger partial charge in [-0.3, -0.25) is 9.59 Å². The summed E-state index contributed by atoms with van der Waals surface area (Å²) in [5.41, 5.74) is 1.26. The van der Waals surface area contributed by atoms with Gasteiger partial charge >= 0.3 is 35.5 Å². The van der Waals surface area contributed by atoms with Gasteiger partial charge in [0.1, 0.15) is 0 Å². The number of methoxy groups -OCH3 is 1. The summed E-state index contributed by atoms with van der Waals surface area (Å²) in [7, 11) is 1.25. The van der Waals surface area contributed by atoms with Gasteiger partial charge in [-0.2, -0.15) is 10.1 Å². The van der Waals surface area contributed by atoms with Gasteiger partial charge in [-0.15, -0.1) is 0 Å². The van der Waals surface area contributed by atoms with E-state index in [0.29, 0.717) is 5.13 Å². The molecule has 1 aliphatic rings. The number of hydrazone groups is 1. The molecule has 0 saturated carbocycles. The van der Waals surface area contributed by atoms with E-state index in [4.69, 9.17) is 5.26 Å². The van der Waals surface area contributed by atoms with Crippen molar-refractivity contribution in [1.82, 2.24) is 4.98 Å². The molecule has 1 aromatic carbocycles. The van der Waals surface area contributed by atoms with E-state index in [-0.39, 0.29) is 53.0 Å². The third kappa shape index (κ3) is 3.78. The maximum atomic E-state index is 12.8. The Morgan fingerprint density at radius 1 is 1.42 bits per heavy atom. The number of nitrogens with zero attached hydrogens (tertiary/aromatic N) is 5. The Kier molecular flexibility index (Phi) is 6.50. The van der Waals surface area contributed by atoms with Crippen molar-refractivity contribution in [2.24, 2.45) is 5.10 Å². The topological polar surface area (TPSA) is 110 Å². The molecule has 0 spiro atoms. The van der Waals surface area contributed by atoms with Crippen molar-refractivity contribution in [3.63, 3.8) is 0 Å². The monoisotopic (exact) mass is 377 g/mol. The Morgan fingerprint density at radius 2 is 2.15 bits per heavy atom. The fourth-order valence-electron chi connectivity index (χ4n) is 2.35. The van der Waals surface area contributed by atoms with E-state index in [2.05, 4.69) is 20.1 Å². The number of thiazole rings is 1. The van der Waals surface area contributed by atoms with Gasteiger partial charge in [-0.05, 0) is 24.8 Å². The molecule has 0 fully saturated rings. The second-order valence-corrected chi connectivity index (χ2v) is 6.06. The normalized spacial score (nSPS) is 15.2. The molecule has 3 rings (SSSR count). The van der Waals surface area contributed by atoms with Crippen LogP contribution in [0.25, 0.3) is 15.5 Å². The Labute approximate surface area is 175 Å². The maximum Gasteiger partial charge on any atom is 1.00 e. The molecular formula is C16H12N5NaO3S. The Hall–Kier alpha value is -2.25. The molecule has 0 N–H and O–H groups in total. The summed E-state index contributed by atoms with van der Waals surface area (Å²) in [6.07, 6.45) is 1.44. The molecule has 1 amide bonds. The summed E-state index contributed by atoms with van der Waals surface area (Å²) >= 11 is 1.30. The zero-order valence-corrected chi connectivity index (χ0v) is 17.2. The molecule has 0 unspecified atom stereocenters. The van der Waals surface area contributed by atoms with Gasteiger partial charge in [0.05, 0.1) is 35.0 Å². The number of esters is 1. The van der Waals surface area contributed by atoms with Gasteiger partial charge < -0.3 is 15.3 Å². The van der Waals surface area contributed by atoms with Gasteiger partial charge in [0, 0.05) is 0 Å². The van der Waals surface area contributed by atoms with Gasteiger partial charge in [-0.1, -0.05) is 29.7 Å². The summed E-state index contributed by atoms with van der Waals surface area (Å²) in [5, 5.41) is 18.1. The van der Waals surface area contributed by atoms with Crippen LogP contribution >= 0.6 is 11.3 Å². The first-order valence-electron chi connectivity index (χ1n) is 7.20. The number of para-hydroxylation sites is 1. The first kappa shape index (κ1) is 20.1. The molecule has 26 heavy (non-hydrogen) atoms. The van der Waals surface area contributed by atoms with Crippen LogP contribution in [-0.4, -0.2) is 29.7 Å². The van der Waals surface area contributed by atoms with E-state index < -0.39 is 11.9 Å². The van der Waals surface area contributed by atoms with Crippen molar-refractivity contribution in [1.29, 1.82) is 5.26 Å². The number of ether oxygens (including phenoxy) is 1. The molecule has 2 heterocycles. The number of hydrogen-bond acceptors (Lipinski definition) is 7. The Bertz CT molecular complexity index is 943. The molecule has 0 aliphatic carbocycles. The largest absolute Gasteiger partial charge is 1.00 e. The first-order chi connectivity index (χ1) is 12.0. The Balaban J connectivity index is 0.00000243. The van der Waals surface area contributed by atoms with E-state index in [0.717, 1.165) is 15.2 Å². The zero-order valence-electron chi connectivity index (χ0n) is 14.4. The van der Waals surface area contributed by atoms with Gasteiger partial charge in [0.2, 0.25) is 5.13 Å². The Morgan fingerprint density at radius 3 is 2.81 bits per heavy atom. The van der Waals surface area contributed by atoms with Gasteiger partial charge in [-0.25, -0.2) is 4.98 Å². The molecular weight excluding hydrogens is 365 g/mol. The van der Waals surface area contributed by atoms with E-state index in [9.17, 15) is 9.59 Å². The van der Waals surface area contributed by atoms with Crippen molar-refractivity contribution in [2.45, 2.75) is 13.3 Å². The molecule has 0 saturated heterocycles. The predicted molar refractivity (Wildman–Crippen MR) is 92.8 cm³/mol. The van der Waals surface area contributed by atoms with Crippen LogP contribution in [0.1, 0.15) is 13.3 Å². The number of hydrogen-bond donors (Lipinski definition) is 0. The smallest absolute Gasteiger partial charge is 0.494 e. The van der Waals surface area contributed by atoms with Crippen molar-refractivity contribution >= 4 is 44.3 Å². The van der Waals surface area contributed by atoms with E-state index >= 15 is 0 Å². The summed E-state index contributed by atoms with van der Waals surface area (Å²) in [5.74, 6) is -1.02.